The second kappa shape index (κ2) is 9.82. The highest BCUT2D eigenvalue weighted by Gasteiger charge is 2.26. The molecule has 0 aliphatic heterocycles. The maximum Gasteiger partial charge on any atom is 0.323 e. The Labute approximate surface area is 166 Å². The van der Waals surface area contributed by atoms with Gasteiger partial charge >= 0.3 is 5.97 Å². The van der Waals surface area contributed by atoms with E-state index in [9.17, 15) is 27.9 Å². The minimum Gasteiger partial charge on any atom is -0.480 e. The number of rotatable bonds is 10. The van der Waals surface area contributed by atoms with Crippen molar-refractivity contribution < 1.29 is 32.3 Å². The third-order valence-electron chi connectivity index (χ3n) is 3.60. The molecule has 1 atom stereocenters. The summed E-state index contributed by atoms with van der Waals surface area (Å²) in [7, 11) is -4.10. The third kappa shape index (κ3) is 6.14. The first-order chi connectivity index (χ1) is 13.7. The molecule has 0 saturated carbocycles. The van der Waals surface area contributed by atoms with Crippen LogP contribution in [0.25, 0.3) is 0 Å². The van der Waals surface area contributed by atoms with Crippen molar-refractivity contribution >= 4 is 27.8 Å². The Hall–Kier alpha value is -3.22. The Morgan fingerprint density at radius 1 is 1.00 bits per heavy atom. The van der Waals surface area contributed by atoms with Gasteiger partial charge in [-0.3, -0.25) is 14.4 Å². The molecule has 0 radical (unpaired) electrons. The fraction of sp³-hybridized carbons (Fsp3) is 0.235. The van der Waals surface area contributed by atoms with Gasteiger partial charge in [-0.25, -0.2) is 8.42 Å². The molecule has 6 N–H and O–H groups in total. The van der Waals surface area contributed by atoms with Crippen LogP contribution in [0.3, 0.4) is 0 Å². The van der Waals surface area contributed by atoms with Crippen LogP contribution in [0.15, 0.2) is 51.8 Å². The van der Waals surface area contributed by atoms with E-state index >= 15 is 0 Å². The van der Waals surface area contributed by atoms with E-state index in [4.69, 9.17) is 10.2 Å². The summed E-state index contributed by atoms with van der Waals surface area (Å²) in [4.78, 5) is 35.1. The van der Waals surface area contributed by atoms with Crippen molar-refractivity contribution in [3.05, 3.63) is 54.0 Å². The quantitative estimate of drug-likeness (QED) is 0.326. The molecular weight excluding hydrogens is 404 g/mol. The van der Waals surface area contributed by atoms with Crippen molar-refractivity contribution in [1.29, 1.82) is 0 Å². The topological polar surface area (TPSA) is 181 Å². The summed E-state index contributed by atoms with van der Waals surface area (Å²) in [5, 5.41) is 14.0. The van der Waals surface area contributed by atoms with E-state index in [-0.39, 0.29) is 29.5 Å². The van der Waals surface area contributed by atoms with E-state index in [1.807, 2.05) is 4.72 Å². The first-order valence-electron chi connectivity index (χ1n) is 8.41. The Balaban J connectivity index is 2.00. The van der Waals surface area contributed by atoms with Gasteiger partial charge in [0.05, 0.1) is 4.90 Å². The van der Waals surface area contributed by atoms with Crippen LogP contribution in [-0.4, -0.2) is 57.0 Å². The van der Waals surface area contributed by atoms with E-state index in [0.717, 1.165) is 0 Å². The molecule has 0 fully saturated rings. The number of aliphatic carboxylic acids is 1. The molecular formula is C17H20N4O7S. The average Bonchev–Trinajstić information content (AvgIpc) is 3.20. The minimum absolute atomic E-state index is 0.114. The molecule has 0 unspecified atom stereocenters. The SMILES string of the molecule is NCCNC(=O)c1ccc(C(=O)NC[C@H](NS(=O)(=O)c2ccccc2)C(=O)O)o1. The fourth-order valence-electron chi connectivity index (χ4n) is 2.17. The monoisotopic (exact) mass is 424 g/mol. The van der Waals surface area contributed by atoms with E-state index in [1.54, 1.807) is 6.07 Å². The van der Waals surface area contributed by atoms with Crippen molar-refractivity contribution in [3.8, 4) is 0 Å². The lowest BCUT2D eigenvalue weighted by Gasteiger charge is -2.15. The number of nitrogens with two attached hydrogens (primary N) is 1. The summed E-state index contributed by atoms with van der Waals surface area (Å²) in [6.45, 7) is -0.0895. The molecule has 2 rings (SSSR count). The smallest absolute Gasteiger partial charge is 0.323 e. The van der Waals surface area contributed by atoms with Gasteiger partial charge in [0.1, 0.15) is 6.04 Å². The largest absolute Gasteiger partial charge is 0.480 e. The fourth-order valence-corrected chi connectivity index (χ4v) is 3.38. The maximum atomic E-state index is 12.3. The molecule has 0 spiro atoms. The molecule has 29 heavy (non-hydrogen) atoms. The van der Waals surface area contributed by atoms with Crippen LogP contribution in [0.2, 0.25) is 0 Å². The van der Waals surface area contributed by atoms with Crippen molar-refractivity contribution in [2.24, 2.45) is 5.73 Å². The first-order valence-corrected chi connectivity index (χ1v) is 9.89. The number of carbonyl (C=O) groups is 3. The number of amides is 2. The summed E-state index contributed by atoms with van der Waals surface area (Å²) in [6, 6.07) is 8.09. The van der Waals surface area contributed by atoms with Gasteiger partial charge in [-0.05, 0) is 24.3 Å². The molecule has 1 aromatic heterocycles. The van der Waals surface area contributed by atoms with Crippen molar-refractivity contribution in [3.63, 3.8) is 0 Å². The Bertz CT molecular complexity index is 973. The molecule has 1 aromatic carbocycles. The van der Waals surface area contributed by atoms with Gasteiger partial charge in [0.2, 0.25) is 10.0 Å². The predicted octanol–water partition coefficient (Wildman–Crippen LogP) is -0.870. The van der Waals surface area contributed by atoms with Crippen LogP contribution in [-0.2, 0) is 14.8 Å². The maximum absolute atomic E-state index is 12.3. The normalized spacial score (nSPS) is 12.2. The van der Waals surface area contributed by atoms with Crippen molar-refractivity contribution in [1.82, 2.24) is 15.4 Å². The number of sulfonamides is 1. The van der Waals surface area contributed by atoms with Gasteiger partial charge < -0.3 is 25.9 Å². The minimum atomic E-state index is -4.10. The van der Waals surface area contributed by atoms with Crippen molar-refractivity contribution in [2.75, 3.05) is 19.6 Å². The van der Waals surface area contributed by atoms with Gasteiger partial charge in [-0.15, -0.1) is 0 Å². The summed E-state index contributed by atoms with van der Waals surface area (Å²) in [5.41, 5.74) is 5.28. The van der Waals surface area contributed by atoms with Gasteiger partial charge in [-0.1, -0.05) is 18.2 Å². The number of carboxylic acids is 1. The molecule has 11 nitrogen and oxygen atoms in total. The number of carboxylic acid groups (broad SMARTS) is 1. The molecule has 1 heterocycles. The lowest BCUT2D eigenvalue weighted by Crippen LogP contribution is -2.48. The second-order valence-electron chi connectivity index (χ2n) is 5.74. The van der Waals surface area contributed by atoms with Crippen LogP contribution in [0, 0.1) is 0 Å². The van der Waals surface area contributed by atoms with Gasteiger partial charge in [-0.2, -0.15) is 4.72 Å². The van der Waals surface area contributed by atoms with Crippen LogP contribution in [0.4, 0.5) is 0 Å². The highest BCUT2D eigenvalue weighted by molar-refractivity contribution is 7.89. The summed E-state index contributed by atoms with van der Waals surface area (Å²) in [5.74, 6) is -3.21. The highest BCUT2D eigenvalue weighted by Crippen LogP contribution is 2.09. The van der Waals surface area contributed by atoms with E-state index in [1.165, 1.54) is 36.4 Å². The molecule has 0 aliphatic rings. The standard InChI is InChI=1S/C17H20N4O7S/c18-8-9-19-15(22)13-6-7-14(28-13)16(23)20-10-12(17(24)25)21-29(26,27)11-4-2-1-3-5-11/h1-7,12,21H,8-10,18H2,(H,19,22)(H,20,23)(H,24,25)/t12-/m0/s1. The van der Waals surface area contributed by atoms with Crippen LogP contribution < -0.4 is 21.1 Å². The van der Waals surface area contributed by atoms with Gasteiger partial charge in [0.15, 0.2) is 11.5 Å². The Morgan fingerprint density at radius 3 is 2.14 bits per heavy atom. The lowest BCUT2D eigenvalue weighted by molar-refractivity contribution is -0.138. The number of nitrogens with one attached hydrogen (secondary N) is 3. The van der Waals surface area contributed by atoms with Crippen molar-refractivity contribution in [2.45, 2.75) is 10.9 Å². The summed E-state index contributed by atoms with van der Waals surface area (Å²) in [6.07, 6.45) is 0. The van der Waals surface area contributed by atoms with Gasteiger partial charge in [0.25, 0.3) is 11.8 Å². The van der Waals surface area contributed by atoms with E-state index in [2.05, 4.69) is 10.6 Å². The molecule has 0 saturated heterocycles. The molecule has 0 bridgehead atoms. The first kappa shape index (κ1) is 22.1. The number of furan rings is 1. The molecule has 12 heteroatoms. The Morgan fingerprint density at radius 2 is 1.59 bits per heavy atom. The van der Waals surface area contributed by atoms with Crippen LogP contribution in [0.5, 0.6) is 0 Å². The predicted molar refractivity (Wildman–Crippen MR) is 101 cm³/mol. The third-order valence-corrected chi connectivity index (χ3v) is 5.09. The average molecular weight is 424 g/mol. The van der Waals surface area contributed by atoms with Gasteiger partial charge in [0, 0.05) is 19.6 Å². The van der Waals surface area contributed by atoms with E-state index < -0.39 is 40.4 Å². The second-order valence-corrected chi connectivity index (χ2v) is 7.46. The Kier molecular flexibility index (Phi) is 7.47. The summed E-state index contributed by atoms with van der Waals surface area (Å²) >= 11 is 0. The van der Waals surface area contributed by atoms with Crippen LogP contribution >= 0.6 is 0 Å². The molecule has 2 aromatic rings. The number of hydrogen-bond donors (Lipinski definition) is 5. The zero-order valence-corrected chi connectivity index (χ0v) is 15.9. The number of benzene rings is 1. The molecule has 156 valence electrons. The van der Waals surface area contributed by atoms with E-state index in [0.29, 0.717) is 0 Å². The lowest BCUT2D eigenvalue weighted by atomic mass is 10.3. The zero-order chi connectivity index (χ0) is 21.4. The molecule has 2 amide bonds. The zero-order valence-electron chi connectivity index (χ0n) is 15.1. The number of carbonyl (C=O) groups excluding carboxylic acids is 2. The van der Waals surface area contributed by atoms with Crippen LogP contribution in [0.1, 0.15) is 21.1 Å². The molecule has 0 aliphatic carbocycles. The summed E-state index contributed by atoms with van der Waals surface area (Å²) < 4.78 is 31.7. The highest BCUT2D eigenvalue weighted by atomic mass is 32.2. The number of hydrogen-bond acceptors (Lipinski definition) is 7.